The van der Waals surface area contributed by atoms with Crippen molar-refractivity contribution in [3.63, 3.8) is 0 Å². The molecule has 58 valence electrons. The molecular weight excluding hydrogens is 183 g/mol. The van der Waals surface area contributed by atoms with Crippen molar-refractivity contribution in [2.45, 2.75) is 11.6 Å². The first-order valence-corrected chi connectivity index (χ1v) is 8.32. The largest absolute Gasteiger partial charge is 0.443 e. The van der Waals surface area contributed by atoms with E-state index in [4.69, 9.17) is 11.8 Å². The van der Waals surface area contributed by atoms with Gasteiger partial charge in [0, 0.05) is 7.05 Å². The zero-order valence-corrected chi connectivity index (χ0v) is 10.3. The summed E-state index contributed by atoms with van der Waals surface area (Å²) in [7, 11) is 0.656. The number of hydrogen-bond acceptors (Lipinski definition) is 4. The minimum absolute atomic E-state index is 0.413. The van der Waals surface area contributed by atoms with Gasteiger partial charge in [-0.05, 0) is 0 Å². The van der Waals surface area contributed by atoms with E-state index in [9.17, 15) is 0 Å². The number of hydroxylamine groups is 1. The molecule has 0 heterocycles. The van der Waals surface area contributed by atoms with Crippen molar-refractivity contribution in [1.82, 2.24) is 5.48 Å². The monoisotopic (exact) mass is 195 g/mol. The van der Waals surface area contributed by atoms with Crippen LogP contribution in [0.1, 0.15) is 0 Å². The second kappa shape index (κ2) is 8.43. The summed E-state index contributed by atoms with van der Waals surface area (Å²) in [6, 6.07) is 0. The lowest BCUT2D eigenvalue weighted by atomic mass is 11.6. The molecule has 7 heteroatoms. The molecule has 0 atom stereocenters. The molecule has 0 fully saturated rings. The minimum Gasteiger partial charge on any atom is -0.443 e. The maximum absolute atomic E-state index is 5.25. The Hall–Kier alpha value is 1.33. The molecular formula is C3H12Al2NO3P. The van der Waals surface area contributed by atoms with Crippen molar-refractivity contribution in [3.05, 3.63) is 0 Å². The quantitative estimate of drug-likeness (QED) is 0.373. The molecule has 0 aromatic carbocycles. The molecule has 0 aliphatic heterocycles. The van der Waals surface area contributed by atoms with Crippen molar-refractivity contribution in [3.8, 4) is 0 Å². The van der Waals surface area contributed by atoms with E-state index in [2.05, 4.69) is 17.1 Å². The molecule has 10 heavy (non-hydrogen) atoms. The lowest BCUT2D eigenvalue weighted by molar-refractivity contribution is 0.196. The number of rotatable bonds is 6. The van der Waals surface area contributed by atoms with E-state index in [1.54, 1.807) is 7.05 Å². The Morgan fingerprint density at radius 1 is 1.20 bits per heavy atom. The van der Waals surface area contributed by atoms with E-state index < -0.39 is 39.7 Å². The summed E-state index contributed by atoms with van der Waals surface area (Å²) in [5.74, 6) is 4.10. The van der Waals surface area contributed by atoms with Crippen LogP contribution in [0.3, 0.4) is 0 Å². The van der Waals surface area contributed by atoms with Gasteiger partial charge in [-0.15, -0.1) is 0 Å². The average molecular weight is 195 g/mol. The molecule has 0 aliphatic rings. The molecule has 4 nitrogen and oxygen atoms in total. The first kappa shape index (κ1) is 11.3. The van der Waals surface area contributed by atoms with Gasteiger partial charge in [0.2, 0.25) is 0 Å². The van der Waals surface area contributed by atoms with E-state index in [0.717, 1.165) is 0 Å². The summed E-state index contributed by atoms with van der Waals surface area (Å²) in [6.45, 7) is 0. The molecule has 0 aromatic rings. The summed E-state index contributed by atoms with van der Waals surface area (Å²) >= 11 is -0.826. The van der Waals surface area contributed by atoms with Crippen LogP contribution in [0.4, 0.5) is 0 Å². The molecule has 0 unspecified atom stereocenters. The van der Waals surface area contributed by atoms with Crippen molar-refractivity contribution < 1.29 is 11.8 Å². The van der Waals surface area contributed by atoms with E-state index in [-0.39, 0.29) is 0 Å². The Kier molecular flexibility index (Phi) is 9.56. The summed E-state index contributed by atoms with van der Waals surface area (Å²) in [4.78, 5) is 0. The number of nitrogens with one attached hydrogen (secondary N) is 1. The minimum atomic E-state index is -1.05. The van der Waals surface area contributed by atoms with E-state index >= 15 is 0 Å². The third kappa shape index (κ3) is 6.07. The Labute approximate surface area is 75.7 Å². The predicted octanol–water partition coefficient (Wildman–Crippen LogP) is 0.197. The first-order chi connectivity index (χ1) is 4.85. The van der Waals surface area contributed by atoms with Crippen LogP contribution in [-0.2, 0) is 11.8 Å². The molecule has 1 N–H and O–H groups in total. The molecule has 0 saturated heterocycles. The average Bonchev–Trinajstić information content (AvgIpc) is 1.90. The van der Waals surface area contributed by atoms with E-state index in [0.29, 0.717) is 0 Å². The van der Waals surface area contributed by atoms with Gasteiger partial charge in [0.1, 0.15) is 0 Å². The lowest BCUT2D eigenvalue weighted by Gasteiger charge is -2.14. The second-order valence-corrected chi connectivity index (χ2v) is 5.20. The fourth-order valence-corrected chi connectivity index (χ4v) is 3.60. The topological polar surface area (TPSA) is 39.7 Å². The third-order valence-electron chi connectivity index (χ3n) is 0.635. The van der Waals surface area contributed by atoms with Gasteiger partial charge in [0.25, 0.3) is 8.60 Å². The maximum atomic E-state index is 5.25. The highest BCUT2D eigenvalue weighted by Gasteiger charge is 2.08. The Morgan fingerprint density at radius 3 is 2.00 bits per heavy atom. The molecule has 0 amide bonds. The maximum Gasteiger partial charge on any atom is 0.442 e. The van der Waals surface area contributed by atoms with Crippen molar-refractivity contribution in [2.75, 3.05) is 7.05 Å². The van der Waals surface area contributed by atoms with Crippen LogP contribution in [0, 0.1) is 0 Å². The zero-order valence-electron chi connectivity index (χ0n) is 6.59. The van der Waals surface area contributed by atoms with Gasteiger partial charge in [-0.1, -0.05) is 11.6 Å². The Bertz CT molecular complexity index is 64.5. The molecule has 0 rings (SSSR count). The van der Waals surface area contributed by atoms with Gasteiger partial charge in [-0.2, -0.15) is 5.48 Å². The zero-order chi connectivity index (χ0) is 7.82. The van der Waals surface area contributed by atoms with Crippen LogP contribution in [0.5, 0.6) is 0 Å². The molecule has 0 bridgehead atoms. The van der Waals surface area contributed by atoms with Crippen LogP contribution < -0.4 is 5.48 Å². The van der Waals surface area contributed by atoms with Gasteiger partial charge < -0.3 is 7.15 Å². The first-order valence-electron chi connectivity index (χ1n) is 3.24. The molecule has 0 radical (unpaired) electrons. The van der Waals surface area contributed by atoms with Gasteiger partial charge in [0.15, 0.2) is 0 Å². The Morgan fingerprint density at radius 2 is 1.70 bits per heavy atom. The van der Waals surface area contributed by atoms with Gasteiger partial charge in [0.05, 0.1) is 0 Å². The molecule has 0 spiro atoms. The van der Waals surface area contributed by atoms with Crippen LogP contribution in [0.2, 0.25) is 11.6 Å². The van der Waals surface area contributed by atoms with Gasteiger partial charge in [-0.3, -0.25) is 0 Å². The SMILES string of the molecule is CNOP([O][AlH][CH3])[O][AlH][CH3]. The summed E-state index contributed by atoms with van der Waals surface area (Å²) in [5.41, 5.74) is 2.56. The highest BCUT2D eigenvalue weighted by Crippen LogP contribution is 2.36. The van der Waals surface area contributed by atoms with Crippen molar-refractivity contribution in [1.29, 1.82) is 0 Å². The normalized spacial score (nSPS) is 10.0. The lowest BCUT2D eigenvalue weighted by Crippen LogP contribution is -2.07. The van der Waals surface area contributed by atoms with Crippen molar-refractivity contribution in [2.24, 2.45) is 0 Å². The van der Waals surface area contributed by atoms with Crippen LogP contribution in [0.15, 0.2) is 0 Å². The van der Waals surface area contributed by atoms with E-state index in [1.807, 2.05) is 0 Å². The molecule has 0 aliphatic carbocycles. The standard InChI is InChI=1S/CH4NO3P.2CH3.2Al.2H/c1-2-5-6(3)4;;;;;;/h2H,1H3;2*1H3;;;;/q-2;;;2*+1;;. The third-order valence-corrected chi connectivity index (χ3v) is 4.72. The Balaban J connectivity index is 3.30. The van der Waals surface area contributed by atoms with Crippen LogP contribution in [-0.4, -0.2) is 38.2 Å². The summed E-state index contributed by atoms with van der Waals surface area (Å²) in [6.07, 6.45) is 0. The smallest absolute Gasteiger partial charge is 0.442 e. The fourth-order valence-electron chi connectivity index (χ4n) is 0.375. The summed E-state index contributed by atoms with van der Waals surface area (Å²) in [5, 5.41) is 0. The fraction of sp³-hybridized carbons (Fsp3) is 1.00. The van der Waals surface area contributed by atoms with Crippen LogP contribution in [0.25, 0.3) is 0 Å². The van der Waals surface area contributed by atoms with E-state index in [1.165, 1.54) is 0 Å². The van der Waals surface area contributed by atoms with Gasteiger partial charge >= 0.3 is 31.1 Å². The summed E-state index contributed by atoms with van der Waals surface area (Å²) < 4.78 is 15.5. The second-order valence-electron chi connectivity index (χ2n) is 1.35. The highest BCUT2D eigenvalue weighted by molar-refractivity contribution is 7.44. The molecule has 0 aromatic heterocycles. The van der Waals surface area contributed by atoms with Crippen LogP contribution >= 0.6 is 8.60 Å². The van der Waals surface area contributed by atoms with Crippen molar-refractivity contribution >= 4 is 39.7 Å². The predicted molar refractivity (Wildman–Crippen MR) is 45.3 cm³/mol. The highest BCUT2D eigenvalue weighted by atomic mass is 31.2. The number of hydrogen-bond donors (Lipinski definition) is 1. The molecule has 0 saturated carbocycles. The van der Waals surface area contributed by atoms with Gasteiger partial charge in [-0.25, -0.2) is 4.62 Å².